The molecule has 1 aromatic heterocycles. The number of hydrogen-bond acceptors (Lipinski definition) is 3. The van der Waals surface area contributed by atoms with Gasteiger partial charge in [0.1, 0.15) is 5.82 Å². The molecule has 2 unspecified atom stereocenters. The van der Waals surface area contributed by atoms with Crippen molar-refractivity contribution < 1.29 is 0 Å². The molecule has 1 aliphatic heterocycles. The second-order valence-electron chi connectivity index (χ2n) is 5.08. The molecule has 0 aromatic carbocycles. The minimum Gasteiger partial charge on any atom is -0.350 e. The normalized spacial score (nSPS) is 23.7. The third kappa shape index (κ3) is 2.62. The van der Waals surface area contributed by atoms with Gasteiger partial charge in [0.25, 0.3) is 0 Å². The van der Waals surface area contributed by atoms with Gasteiger partial charge < -0.3 is 10.2 Å². The van der Waals surface area contributed by atoms with E-state index in [1.54, 1.807) is 0 Å². The lowest BCUT2D eigenvalue weighted by atomic mass is 10.1. The van der Waals surface area contributed by atoms with Gasteiger partial charge in [0.15, 0.2) is 0 Å². The summed E-state index contributed by atoms with van der Waals surface area (Å²) in [4.78, 5) is 6.98. The highest BCUT2D eigenvalue weighted by atomic mass is 35.5. The summed E-state index contributed by atoms with van der Waals surface area (Å²) in [6.45, 7) is 5.30. The zero-order valence-corrected chi connectivity index (χ0v) is 12.2. The average Bonchev–Trinajstić information content (AvgIpc) is 2.71. The van der Waals surface area contributed by atoms with Gasteiger partial charge in [0.2, 0.25) is 0 Å². The Bertz CT molecular complexity index is 408. The van der Waals surface area contributed by atoms with Gasteiger partial charge in [0.05, 0.1) is 5.02 Å². The Morgan fingerprint density at radius 3 is 2.89 bits per heavy atom. The lowest BCUT2D eigenvalue weighted by Gasteiger charge is -2.30. The van der Waals surface area contributed by atoms with Crippen molar-refractivity contribution in [2.45, 2.75) is 51.7 Å². The molecule has 1 saturated heterocycles. The van der Waals surface area contributed by atoms with Crippen molar-refractivity contribution in [1.29, 1.82) is 0 Å². The highest BCUT2D eigenvalue weighted by Crippen LogP contribution is 2.35. The summed E-state index contributed by atoms with van der Waals surface area (Å²) in [5.41, 5.74) is 1.13. The predicted molar refractivity (Wildman–Crippen MR) is 77.3 cm³/mol. The van der Waals surface area contributed by atoms with Crippen LogP contribution in [0.2, 0.25) is 5.02 Å². The Hall–Kier alpha value is -0.800. The monoisotopic (exact) mass is 267 g/mol. The Balaban J connectivity index is 2.27. The summed E-state index contributed by atoms with van der Waals surface area (Å²) >= 11 is 6.40. The quantitative estimate of drug-likeness (QED) is 0.908. The molecule has 0 spiro atoms. The number of pyridine rings is 1. The van der Waals surface area contributed by atoms with Crippen LogP contribution in [-0.2, 0) is 6.54 Å². The van der Waals surface area contributed by atoms with Crippen LogP contribution in [0.15, 0.2) is 12.3 Å². The topological polar surface area (TPSA) is 28.2 Å². The van der Waals surface area contributed by atoms with Crippen LogP contribution in [0.4, 0.5) is 5.82 Å². The molecule has 2 heterocycles. The van der Waals surface area contributed by atoms with Gasteiger partial charge in [-0.05, 0) is 44.9 Å². The number of hydrogen-bond donors (Lipinski definition) is 1. The average molecular weight is 268 g/mol. The molecule has 1 aromatic rings. The third-order valence-corrected chi connectivity index (χ3v) is 4.04. The molecular weight excluding hydrogens is 246 g/mol. The van der Waals surface area contributed by atoms with Crippen LogP contribution in [0.1, 0.15) is 38.7 Å². The fraction of sp³-hybridized carbons (Fsp3) is 0.643. The molecule has 2 atom stereocenters. The largest absolute Gasteiger partial charge is 0.350 e. The molecule has 3 nitrogen and oxygen atoms in total. The fourth-order valence-electron chi connectivity index (χ4n) is 2.82. The summed E-state index contributed by atoms with van der Waals surface area (Å²) < 4.78 is 0. The second kappa shape index (κ2) is 5.89. The van der Waals surface area contributed by atoms with Gasteiger partial charge in [0, 0.05) is 24.8 Å². The van der Waals surface area contributed by atoms with E-state index >= 15 is 0 Å². The third-order valence-electron chi connectivity index (χ3n) is 3.76. The summed E-state index contributed by atoms with van der Waals surface area (Å²) in [5.74, 6) is 0.952. The van der Waals surface area contributed by atoms with Crippen molar-refractivity contribution in [3.63, 3.8) is 0 Å². The van der Waals surface area contributed by atoms with E-state index in [2.05, 4.69) is 29.0 Å². The molecule has 1 N–H and O–H groups in total. The van der Waals surface area contributed by atoms with Crippen molar-refractivity contribution >= 4 is 17.4 Å². The zero-order valence-electron chi connectivity index (χ0n) is 11.4. The van der Waals surface area contributed by atoms with E-state index in [1.165, 1.54) is 12.8 Å². The van der Waals surface area contributed by atoms with Crippen LogP contribution in [0.25, 0.3) is 0 Å². The van der Waals surface area contributed by atoms with Gasteiger partial charge >= 0.3 is 0 Å². The predicted octanol–water partition coefficient (Wildman–Crippen LogP) is 3.22. The number of anilines is 1. The molecule has 100 valence electrons. The second-order valence-corrected chi connectivity index (χ2v) is 5.48. The molecule has 0 amide bonds. The van der Waals surface area contributed by atoms with Crippen LogP contribution in [-0.4, -0.2) is 24.1 Å². The lowest BCUT2D eigenvalue weighted by molar-refractivity contribution is 0.621. The number of rotatable bonds is 4. The molecule has 0 saturated carbocycles. The number of nitrogens with one attached hydrogen (secondary N) is 1. The van der Waals surface area contributed by atoms with Crippen LogP contribution in [0.3, 0.4) is 0 Å². The Morgan fingerprint density at radius 1 is 1.50 bits per heavy atom. The fourth-order valence-corrected chi connectivity index (χ4v) is 3.10. The van der Waals surface area contributed by atoms with E-state index in [4.69, 9.17) is 11.6 Å². The van der Waals surface area contributed by atoms with Crippen LogP contribution in [0.5, 0.6) is 0 Å². The van der Waals surface area contributed by atoms with Crippen molar-refractivity contribution in [3.05, 3.63) is 22.8 Å². The molecule has 0 bridgehead atoms. The summed E-state index contributed by atoms with van der Waals surface area (Å²) in [5, 5.41) is 3.89. The summed E-state index contributed by atoms with van der Waals surface area (Å²) in [6.07, 6.45) is 5.55. The van der Waals surface area contributed by atoms with E-state index < -0.39 is 0 Å². The van der Waals surface area contributed by atoms with Gasteiger partial charge in [-0.1, -0.05) is 18.5 Å². The lowest BCUT2D eigenvalue weighted by Crippen LogP contribution is -2.35. The molecular formula is C14H22ClN3. The van der Waals surface area contributed by atoms with Gasteiger partial charge in [-0.2, -0.15) is 0 Å². The first-order valence-electron chi connectivity index (χ1n) is 6.74. The first kappa shape index (κ1) is 13.6. The van der Waals surface area contributed by atoms with Crippen LogP contribution in [0, 0.1) is 0 Å². The molecule has 2 rings (SSSR count). The van der Waals surface area contributed by atoms with Crippen molar-refractivity contribution in [1.82, 2.24) is 10.3 Å². The first-order valence-corrected chi connectivity index (χ1v) is 7.12. The smallest absolute Gasteiger partial charge is 0.147 e. The van der Waals surface area contributed by atoms with Crippen LogP contribution >= 0.6 is 11.6 Å². The molecule has 0 radical (unpaired) electrons. The van der Waals surface area contributed by atoms with E-state index in [-0.39, 0.29) is 0 Å². The highest BCUT2D eigenvalue weighted by Gasteiger charge is 2.31. The first-order chi connectivity index (χ1) is 8.67. The SMILES string of the molecule is CCC1CCC(C)N1c1ncc(CNC)cc1Cl. The number of aromatic nitrogens is 1. The van der Waals surface area contributed by atoms with E-state index in [9.17, 15) is 0 Å². The van der Waals surface area contributed by atoms with Gasteiger partial charge in [-0.15, -0.1) is 0 Å². The van der Waals surface area contributed by atoms with Crippen molar-refractivity contribution in [2.75, 3.05) is 11.9 Å². The zero-order chi connectivity index (χ0) is 13.1. The van der Waals surface area contributed by atoms with E-state index in [1.807, 2.05) is 19.3 Å². The number of nitrogens with zero attached hydrogens (tertiary/aromatic N) is 2. The standard InChI is InChI=1S/C14H22ClN3/c1-4-12-6-5-10(2)18(12)14-13(15)7-11(8-16-3)9-17-14/h7,9-10,12,16H,4-6,8H2,1-3H3. The molecule has 1 fully saturated rings. The van der Waals surface area contributed by atoms with E-state index in [0.29, 0.717) is 12.1 Å². The van der Waals surface area contributed by atoms with Gasteiger partial charge in [-0.25, -0.2) is 4.98 Å². The maximum Gasteiger partial charge on any atom is 0.147 e. The Labute approximate surface area is 115 Å². The van der Waals surface area contributed by atoms with E-state index in [0.717, 1.165) is 29.4 Å². The Kier molecular flexibility index (Phi) is 4.46. The highest BCUT2D eigenvalue weighted by molar-refractivity contribution is 6.33. The summed E-state index contributed by atoms with van der Waals surface area (Å²) in [7, 11) is 1.93. The van der Waals surface area contributed by atoms with Gasteiger partial charge in [-0.3, -0.25) is 0 Å². The minimum absolute atomic E-state index is 0.537. The molecule has 1 aliphatic rings. The van der Waals surface area contributed by atoms with Crippen LogP contribution < -0.4 is 10.2 Å². The maximum absolute atomic E-state index is 6.40. The maximum atomic E-state index is 6.40. The Morgan fingerprint density at radius 2 is 2.28 bits per heavy atom. The number of halogens is 1. The van der Waals surface area contributed by atoms with Crippen molar-refractivity contribution in [3.8, 4) is 0 Å². The molecule has 4 heteroatoms. The minimum atomic E-state index is 0.537. The molecule has 0 aliphatic carbocycles. The van der Waals surface area contributed by atoms with Crippen molar-refractivity contribution in [2.24, 2.45) is 0 Å². The summed E-state index contributed by atoms with van der Waals surface area (Å²) in [6, 6.07) is 3.15. The molecule has 18 heavy (non-hydrogen) atoms.